The van der Waals surface area contributed by atoms with Crippen molar-refractivity contribution in [1.82, 2.24) is 15.3 Å². The summed E-state index contributed by atoms with van der Waals surface area (Å²) in [5.41, 5.74) is 2.02. The van der Waals surface area contributed by atoms with Crippen molar-refractivity contribution in [2.45, 2.75) is 19.8 Å². The first kappa shape index (κ1) is 13.0. The Balaban J connectivity index is 1.77. The number of piperidine rings is 1. The third-order valence-corrected chi connectivity index (χ3v) is 3.82. The number of hydrogen-bond donors (Lipinski definition) is 2. The molecule has 1 aliphatic heterocycles. The lowest BCUT2D eigenvalue weighted by atomic mass is 9.97. The standard InChI is InChI=1S/C15H20N4O/c1-2-16-14(20)11-6-5-9-19(10-11)15-17-12-7-3-4-8-13(12)18-15/h3-4,7-8,11H,2,5-6,9-10H2,1H3,(H,16,20)(H,17,18). The molecule has 1 amide bonds. The normalized spacial score (nSPS) is 19.2. The van der Waals surface area contributed by atoms with Gasteiger partial charge in [0.2, 0.25) is 11.9 Å². The van der Waals surface area contributed by atoms with Crippen molar-refractivity contribution in [3.63, 3.8) is 0 Å². The molecule has 20 heavy (non-hydrogen) atoms. The topological polar surface area (TPSA) is 61.0 Å². The molecule has 0 bridgehead atoms. The van der Waals surface area contributed by atoms with Crippen LogP contribution < -0.4 is 10.2 Å². The number of H-pyrrole nitrogens is 1. The molecule has 0 saturated carbocycles. The van der Waals surface area contributed by atoms with Gasteiger partial charge >= 0.3 is 0 Å². The Labute approximate surface area is 118 Å². The second-order valence-corrected chi connectivity index (χ2v) is 5.26. The zero-order chi connectivity index (χ0) is 13.9. The zero-order valence-corrected chi connectivity index (χ0v) is 11.7. The number of amides is 1. The van der Waals surface area contributed by atoms with Crippen LogP contribution >= 0.6 is 0 Å². The van der Waals surface area contributed by atoms with Gasteiger partial charge in [-0.1, -0.05) is 12.1 Å². The van der Waals surface area contributed by atoms with Crippen molar-refractivity contribution in [2.24, 2.45) is 5.92 Å². The van der Waals surface area contributed by atoms with Crippen LogP contribution in [0.5, 0.6) is 0 Å². The van der Waals surface area contributed by atoms with Gasteiger partial charge in [-0.2, -0.15) is 0 Å². The van der Waals surface area contributed by atoms with Crippen LogP contribution in [0.25, 0.3) is 11.0 Å². The summed E-state index contributed by atoms with van der Waals surface area (Å²) in [6.07, 6.45) is 1.99. The van der Waals surface area contributed by atoms with E-state index in [1.165, 1.54) is 0 Å². The Morgan fingerprint density at radius 3 is 3.15 bits per heavy atom. The Kier molecular flexibility index (Phi) is 3.58. The van der Waals surface area contributed by atoms with Crippen LogP contribution in [0, 0.1) is 5.92 Å². The summed E-state index contributed by atoms with van der Waals surface area (Å²) in [5.74, 6) is 1.10. The van der Waals surface area contributed by atoms with Crippen molar-refractivity contribution in [2.75, 3.05) is 24.5 Å². The van der Waals surface area contributed by atoms with Gasteiger partial charge in [0.05, 0.1) is 17.0 Å². The van der Waals surface area contributed by atoms with Crippen molar-refractivity contribution in [3.05, 3.63) is 24.3 Å². The van der Waals surface area contributed by atoms with Gasteiger partial charge in [0, 0.05) is 19.6 Å². The molecule has 1 fully saturated rings. The van der Waals surface area contributed by atoms with E-state index in [1.54, 1.807) is 0 Å². The lowest BCUT2D eigenvalue weighted by Gasteiger charge is -2.31. The van der Waals surface area contributed by atoms with Gasteiger partial charge in [-0.3, -0.25) is 4.79 Å². The highest BCUT2D eigenvalue weighted by atomic mass is 16.1. The maximum Gasteiger partial charge on any atom is 0.224 e. The molecule has 1 aromatic carbocycles. The summed E-state index contributed by atoms with van der Waals surface area (Å²) >= 11 is 0. The molecule has 0 radical (unpaired) electrons. The molecular formula is C15H20N4O. The van der Waals surface area contributed by atoms with E-state index >= 15 is 0 Å². The monoisotopic (exact) mass is 272 g/mol. The zero-order valence-electron chi connectivity index (χ0n) is 11.7. The Hall–Kier alpha value is -2.04. The molecule has 3 rings (SSSR count). The fourth-order valence-corrected chi connectivity index (χ4v) is 2.79. The van der Waals surface area contributed by atoms with Gasteiger partial charge in [0.25, 0.3) is 0 Å². The minimum Gasteiger partial charge on any atom is -0.356 e. The number of carbonyl (C=O) groups is 1. The minimum absolute atomic E-state index is 0.0666. The summed E-state index contributed by atoms with van der Waals surface area (Å²) in [6, 6.07) is 8.01. The molecule has 1 aromatic heterocycles. The molecule has 1 aliphatic rings. The molecule has 1 saturated heterocycles. The SMILES string of the molecule is CCNC(=O)C1CCCN(c2nc3ccccc3[nH]2)C1. The second kappa shape index (κ2) is 5.53. The van der Waals surface area contributed by atoms with Gasteiger partial charge in [-0.25, -0.2) is 4.98 Å². The molecule has 1 unspecified atom stereocenters. The van der Waals surface area contributed by atoms with E-state index in [9.17, 15) is 4.79 Å². The fraction of sp³-hybridized carbons (Fsp3) is 0.467. The van der Waals surface area contributed by atoms with E-state index in [1.807, 2.05) is 31.2 Å². The summed E-state index contributed by atoms with van der Waals surface area (Å²) in [7, 11) is 0. The first-order valence-electron chi connectivity index (χ1n) is 7.25. The van der Waals surface area contributed by atoms with Crippen molar-refractivity contribution < 1.29 is 4.79 Å². The van der Waals surface area contributed by atoms with E-state index in [0.29, 0.717) is 6.54 Å². The van der Waals surface area contributed by atoms with Crippen molar-refractivity contribution in [3.8, 4) is 0 Å². The van der Waals surface area contributed by atoms with Crippen LogP contribution in [0.1, 0.15) is 19.8 Å². The summed E-state index contributed by atoms with van der Waals surface area (Å²) in [5, 5.41) is 2.92. The van der Waals surface area contributed by atoms with Crippen LogP contribution in [0.2, 0.25) is 0 Å². The number of benzene rings is 1. The number of para-hydroxylation sites is 2. The van der Waals surface area contributed by atoms with Gasteiger partial charge in [0.1, 0.15) is 0 Å². The highest BCUT2D eigenvalue weighted by molar-refractivity contribution is 5.80. The van der Waals surface area contributed by atoms with Gasteiger partial charge in [-0.05, 0) is 31.9 Å². The number of hydrogen-bond acceptors (Lipinski definition) is 3. The number of nitrogens with one attached hydrogen (secondary N) is 2. The first-order valence-corrected chi connectivity index (χ1v) is 7.25. The molecule has 5 nitrogen and oxygen atoms in total. The maximum absolute atomic E-state index is 12.0. The van der Waals surface area contributed by atoms with Crippen LogP contribution in [0.15, 0.2) is 24.3 Å². The van der Waals surface area contributed by atoms with E-state index in [0.717, 1.165) is 42.9 Å². The number of fused-ring (bicyclic) bond motifs is 1. The summed E-state index contributed by atoms with van der Waals surface area (Å²) in [4.78, 5) is 22.1. The van der Waals surface area contributed by atoms with Crippen LogP contribution in [0.3, 0.4) is 0 Å². The molecule has 2 N–H and O–H groups in total. The molecule has 1 atom stereocenters. The van der Waals surface area contributed by atoms with Crippen LogP contribution in [0.4, 0.5) is 5.95 Å². The number of imidazole rings is 1. The molecule has 2 aromatic rings. The second-order valence-electron chi connectivity index (χ2n) is 5.26. The van der Waals surface area contributed by atoms with Crippen molar-refractivity contribution in [1.29, 1.82) is 0 Å². The molecular weight excluding hydrogens is 252 g/mol. The quantitative estimate of drug-likeness (QED) is 0.897. The van der Waals surface area contributed by atoms with E-state index in [4.69, 9.17) is 0 Å². The average molecular weight is 272 g/mol. The Morgan fingerprint density at radius 2 is 2.35 bits per heavy atom. The number of rotatable bonds is 3. The van der Waals surface area contributed by atoms with Crippen LogP contribution in [-0.4, -0.2) is 35.5 Å². The number of aromatic nitrogens is 2. The average Bonchev–Trinajstić information content (AvgIpc) is 2.91. The van der Waals surface area contributed by atoms with Crippen molar-refractivity contribution >= 4 is 22.9 Å². The summed E-state index contributed by atoms with van der Waals surface area (Å²) < 4.78 is 0. The van der Waals surface area contributed by atoms with E-state index in [2.05, 4.69) is 20.2 Å². The third-order valence-electron chi connectivity index (χ3n) is 3.82. The molecule has 0 aliphatic carbocycles. The molecule has 0 spiro atoms. The maximum atomic E-state index is 12.0. The number of anilines is 1. The molecule has 106 valence electrons. The van der Waals surface area contributed by atoms with Crippen LogP contribution in [-0.2, 0) is 4.79 Å². The fourth-order valence-electron chi connectivity index (χ4n) is 2.79. The lowest BCUT2D eigenvalue weighted by Crippen LogP contribution is -2.43. The highest BCUT2D eigenvalue weighted by Gasteiger charge is 2.26. The lowest BCUT2D eigenvalue weighted by molar-refractivity contribution is -0.125. The third kappa shape index (κ3) is 2.48. The Morgan fingerprint density at radius 1 is 1.50 bits per heavy atom. The molecule has 2 heterocycles. The number of carbonyl (C=O) groups excluding carboxylic acids is 1. The van der Waals surface area contributed by atoms with Gasteiger partial charge < -0.3 is 15.2 Å². The minimum atomic E-state index is 0.0666. The molecule has 5 heteroatoms. The van der Waals surface area contributed by atoms with Gasteiger partial charge in [0.15, 0.2) is 0 Å². The van der Waals surface area contributed by atoms with E-state index < -0.39 is 0 Å². The largest absolute Gasteiger partial charge is 0.356 e. The Bertz CT molecular complexity index is 574. The number of aromatic amines is 1. The van der Waals surface area contributed by atoms with E-state index in [-0.39, 0.29) is 11.8 Å². The van der Waals surface area contributed by atoms with Gasteiger partial charge in [-0.15, -0.1) is 0 Å². The summed E-state index contributed by atoms with van der Waals surface area (Å²) in [6.45, 7) is 4.35. The highest BCUT2D eigenvalue weighted by Crippen LogP contribution is 2.23. The smallest absolute Gasteiger partial charge is 0.224 e. The first-order chi connectivity index (χ1) is 9.78. The number of nitrogens with zero attached hydrogens (tertiary/aromatic N) is 2. The predicted octanol–water partition coefficient (Wildman–Crippen LogP) is 1.92. The predicted molar refractivity (Wildman–Crippen MR) is 79.7 cm³/mol.